The standard InChI is InChI=1S/C22H24N4O2/c1-4-26-22(28)18-13-9-8-12-17(18)20(25-26)21(27)24-23-19(14-15(2)3)16-10-6-5-7-11-16/h5-13,15H,4,14H2,1-3H3,(H,24,27)/b23-19-. The van der Waals surface area contributed by atoms with E-state index in [-0.39, 0.29) is 11.3 Å². The van der Waals surface area contributed by atoms with Gasteiger partial charge in [-0.25, -0.2) is 10.1 Å². The molecule has 0 unspecified atom stereocenters. The lowest BCUT2D eigenvalue weighted by Gasteiger charge is -2.11. The molecule has 0 aliphatic heterocycles. The summed E-state index contributed by atoms with van der Waals surface area (Å²) in [5, 5.41) is 9.63. The van der Waals surface area contributed by atoms with E-state index >= 15 is 0 Å². The second-order valence-electron chi connectivity index (χ2n) is 6.98. The summed E-state index contributed by atoms with van der Waals surface area (Å²) in [5.41, 5.74) is 4.39. The number of benzene rings is 2. The minimum absolute atomic E-state index is 0.192. The largest absolute Gasteiger partial charge is 0.292 e. The fraction of sp³-hybridized carbons (Fsp3) is 0.273. The van der Waals surface area contributed by atoms with Gasteiger partial charge in [-0.2, -0.15) is 10.2 Å². The van der Waals surface area contributed by atoms with E-state index < -0.39 is 5.91 Å². The Kier molecular flexibility index (Phi) is 5.99. The van der Waals surface area contributed by atoms with E-state index in [2.05, 4.69) is 29.5 Å². The Morgan fingerprint density at radius 1 is 1.07 bits per heavy atom. The first-order valence-electron chi connectivity index (χ1n) is 9.43. The third kappa shape index (κ3) is 4.17. The van der Waals surface area contributed by atoms with Crippen molar-refractivity contribution in [2.24, 2.45) is 11.0 Å². The van der Waals surface area contributed by atoms with E-state index in [0.717, 1.165) is 17.7 Å². The first-order chi connectivity index (χ1) is 13.5. The van der Waals surface area contributed by atoms with Crippen molar-refractivity contribution in [2.75, 3.05) is 0 Å². The Morgan fingerprint density at radius 2 is 1.71 bits per heavy atom. The van der Waals surface area contributed by atoms with E-state index in [9.17, 15) is 9.59 Å². The van der Waals surface area contributed by atoms with Gasteiger partial charge in [0.2, 0.25) is 0 Å². The average molecular weight is 376 g/mol. The number of hydrogen-bond donors (Lipinski definition) is 1. The van der Waals surface area contributed by atoms with Crippen LogP contribution in [-0.4, -0.2) is 21.4 Å². The van der Waals surface area contributed by atoms with Crippen LogP contribution in [0.3, 0.4) is 0 Å². The van der Waals surface area contributed by atoms with E-state index in [1.54, 1.807) is 24.3 Å². The van der Waals surface area contributed by atoms with Crippen molar-refractivity contribution in [3.63, 3.8) is 0 Å². The maximum atomic E-state index is 12.9. The number of fused-ring (bicyclic) bond motifs is 1. The number of nitrogens with zero attached hydrogens (tertiary/aromatic N) is 3. The van der Waals surface area contributed by atoms with Crippen molar-refractivity contribution < 1.29 is 4.79 Å². The van der Waals surface area contributed by atoms with Gasteiger partial charge in [0.25, 0.3) is 11.5 Å². The van der Waals surface area contributed by atoms with Crippen molar-refractivity contribution in [1.82, 2.24) is 15.2 Å². The molecular weight excluding hydrogens is 352 g/mol. The van der Waals surface area contributed by atoms with Crippen molar-refractivity contribution in [1.29, 1.82) is 0 Å². The molecule has 1 N–H and O–H groups in total. The second-order valence-corrected chi connectivity index (χ2v) is 6.98. The lowest BCUT2D eigenvalue weighted by atomic mass is 10.0. The molecule has 6 heteroatoms. The molecule has 0 saturated heterocycles. The summed E-state index contributed by atoms with van der Waals surface area (Å²) in [4.78, 5) is 25.3. The molecular formula is C22H24N4O2. The van der Waals surface area contributed by atoms with Gasteiger partial charge in [-0.3, -0.25) is 9.59 Å². The number of amides is 1. The Hall–Kier alpha value is -3.28. The molecule has 6 nitrogen and oxygen atoms in total. The molecule has 0 atom stereocenters. The maximum Gasteiger partial charge on any atom is 0.292 e. The summed E-state index contributed by atoms with van der Waals surface area (Å²) in [6, 6.07) is 16.8. The normalized spacial score (nSPS) is 11.8. The molecule has 1 heterocycles. The Morgan fingerprint density at radius 3 is 2.36 bits per heavy atom. The number of aromatic nitrogens is 2. The van der Waals surface area contributed by atoms with Gasteiger partial charge in [0.1, 0.15) is 0 Å². The molecule has 0 spiro atoms. The number of hydrazone groups is 1. The fourth-order valence-corrected chi connectivity index (χ4v) is 3.03. The number of nitrogens with one attached hydrogen (secondary N) is 1. The van der Waals surface area contributed by atoms with Crippen molar-refractivity contribution >= 4 is 22.4 Å². The Balaban J connectivity index is 1.99. The molecule has 0 saturated carbocycles. The first kappa shape index (κ1) is 19.5. The van der Waals surface area contributed by atoms with Gasteiger partial charge in [0.05, 0.1) is 11.1 Å². The summed E-state index contributed by atoms with van der Waals surface area (Å²) < 4.78 is 1.30. The average Bonchev–Trinajstić information content (AvgIpc) is 2.71. The smallest absolute Gasteiger partial charge is 0.267 e. The van der Waals surface area contributed by atoms with Gasteiger partial charge in [0.15, 0.2) is 5.69 Å². The number of hydrogen-bond acceptors (Lipinski definition) is 4. The van der Waals surface area contributed by atoms with Gasteiger partial charge in [-0.15, -0.1) is 0 Å². The molecule has 0 aliphatic rings. The molecule has 1 aromatic heterocycles. The van der Waals surface area contributed by atoms with Gasteiger partial charge >= 0.3 is 0 Å². The van der Waals surface area contributed by atoms with Crippen LogP contribution in [0.15, 0.2) is 64.5 Å². The molecule has 0 bridgehead atoms. The molecule has 0 aliphatic carbocycles. The quantitative estimate of drug-likeness (QED) is 0.527. The van der Waals surface area contributed by atoms with Crippen LogP contribution in [0.25, 0.3) is 10.8 Å². The highest BCUT2D eigenvalue weighted by molar-refractivity contribution is 6.06. The molecule has 0 radical (unpaired) electrons. The molecule has 3 aromatic rings. The summed E-state index contributed by atoms with van der Waals surface area (Å²) in [7, 11) is 0. The number of carbonyl (C=O) groups is 1. The van der Waals surface area contributed by atoms with E-state index in [1.807, 2.05) is 37.3 Å². The summed E-state index contributed by atoms with van der Waals surface area (Å²) in [6.45, 7) is 6.41. The highest BCUT2D eigenvalue weighted by Gasteiger charge is 2.16. The molecule has 0 fully saturated rings. The predicted octanol–water partition coefficient (Wildman–Crippen LogP) is 3.60. The molecule has 2 aromatic carbocycles. The SMILES string of the molecule is CCn1nc(C(=O)N/N=C(/CC(C)C)c2ccccc2)c2ccccc2c1=O. The van der Waals surface area contributed by atoms with Crippen molar-refractivity contribution in [3.8, 4) is 0 Å². The molecule has 144 valence electrons. The molecule has 28 heavy (non-hydrogen) atoms. The van der Waals surface area contributed by atoms with Crippen LogP contribution in [0, 0.1) is 5.92 Å². The summed E-state index contributed by atoms with van der Waals surface area (Å²) >= 11 is 0. The van der Waals surface area contributed by atoms with E-state index in [4.69, 9.17) is 0 Å². The monoisotopic (exact) mass is 376 g/mol. The molecule has 3 rings (SSSR count). The van der Waals surface area contributed by atoms with Crippen LogP contribution in [0.1, 0.15) is 43.2 Å². The van der Waals surface area contributed by atoms with E-state index in [0.29, 0.717) is 23.2 Å². The number of aryl methyl sites for hydroxylation is 1. The highest BCUT2D eigenvalue weighted by Crippen LogP contribution is 2.14. The molecule has 1 amide bonds. The van der Waals surface area contributed by atoms with Crippen LogP contribution in [0.5, 0.6) is 0 Å². The van der Waals surface area contributed by atoms with Gasteiger partial charge in [-0.1, -0.05) is 62.4 Å². The zero-order valence-electron chi connectivity index (χ0n) is 16.3. The van der Waals surface area contributed by atoms with Crippen LogP contribution in [0.4, 0.5) is 0 Å². The lowest BCUT2D eigenvalue weighted by molar-refractivity contribution is 0.0949. The van der Waals surface area contributed by atoms with Crippen molar-refractivity contribution in [2.45, 2.75) is 33.7 Å². The predicted molar refractivity (Wildman–Crippen MR) is 112 cm³/mol. The number of carbonyl (C=O) groups excluding carboxylic acids is 1. The number of rotatable bonds is 6. The Bertz CT molecular complexity index is 1070. The highest BCUT2D eigenvalue weighted by atomic mass is 16.2. The van der Waals surface area contributed by atoms with Crippen molar-refractivity contribution in [3.05, 3.63) is 76.2 Å². The van der Waals surface area contributed by atoms with Gasteiger partial charge in [-0.05, 0) is 30.9 Å². The summed E-state index contributed by atoms with van der Waals surface area (Å²) in [6.07, 6.45) is 0.729. The second kappa shape index (κ2) is 8.61. The third-order valence-electron chi connectivity index (χ3n) is 4.38. The topological polar surface area (TPSA) is 76.3 Å². The van der Waals surface area contributed by atoms with Crippen LogP contribution >= 0.6 is 0 Å². The zero-order valence-corrected chi connectivity index (χ0v) is 16.3. The fourth-order valence-electron chi connectivity index (χ4n) is 3.03. The van der Waals surface area contributed by atoms with E-state index in [1.165, 1.54) is 4.68 Å². The van der Waals surface area contributed by atoms with Crippen LogP contribution in [-0.2, 0) is 6.54 Å². The summed E-state index contributed by atoms with van der Waals surface area (Å²) in [5.74, 6) is -0.0487. The minimum Gasteiger partial charge on any atom is -0.267 e. The first-order valence-corrected chi connectivity index (χ1v) is 9.43. The Labute approximate surface area is 163 Å². The zero-order chi connectivity index (χ0) is 20.1. The van der Waals surface area contributed by atoms with Crippen LogP contribution in [0.2, 0.25) is 0 Å². The van der Waals surface area contributed by atoms with Gasteiger partial charge in [0, 0.05) is 11.9 Å². The van der Waals surface area contributed by atoms with Gasteiger partial charge < -0.3 is 0 Å². The van der Waals surface area contributed by atoms with Crippen LogP contribution < -0.4 is 11.0 Å². The lowest BCUT2D eigenvalue weighted by Crippen LogP contribution is -2.29. The minimum atomic E-state index is -0.435. The third-order valence-corrected chi connectivity index (χ3v) is 4.38. The maximum absolute atomic E-state index is 12.9.